The number of halogens is 2. The van der Waals surface area contributed by atoms with Crippen molar-refractivity contribution in [2.24, 2.45) is 5.10 Å². The van der Waals surface area contributed by atoms with Gasteiger partial charge in [-0.1, -0.05) is 102 Å². The van der Waals surface area contributed by atoms with Crippen molar-refractivity contribution in [2.45, 2.75) is 0 Å². The molecule has 4 aromatic carbocycles. The molecule has 1 N–H and O–H groups in total. The van der Waals surface area contributed by atoms with E-state index in [0.29, 0.717) is 10.6 Å². The van der Waals surface area contributed by atoms with Crippen LogP contribution in [0.3, 0.4) is 0 Å². The summed E-state index contributed by atoms with van der Waals surface area (Å²) < 4.78 is 2.21. The average Bonchev–Trinajstić information content (AvgIpc) is 3.29. The number of carbonyl (C=O) groups is 1. The Labute approximate surface area is 219 Å². The molecule has 0 saturated heterocycles. The zero-order valence-electron chi connectivity index (χ0n) is 19.1. The number of rotatable bonds is 6. The summed E-state index contributed by atoms with van der Waals surface area (Å²) in [7, 11) is 0. The number of para-hydroxylation sites is 1. The zero-order chi connectivity index (χ0) is 24.9. The van der Waals surface area contributed by atoms with Crippen LogP contribution in [-0.4, -0.2) is 16.7 Å². The Morgan fingerprint density at radius 2 is 1.36 bits per heavy atom. The van der Waals surface area contributed by atoms with Crippen LogP contribution in [0.15, 0.2) is 120 Å². The molecule has 0 radical (unpaired) electrons. The SMILES string of the molecule is O=C(N/N=C\c1cc(-c2ccccc2)n(-c2ccccc2)c1-c1ccccc1)c1ccc(Cl)cc1Cl. The monoisotopic (exact) mass is 509 g/mol. The fourth-order valence-electron chi connectivity index (χ4n) is 4.08. The van der Waals surface area contributed by atoms with Crippen molar-refractivity contribution in [3.8, 4) is 28.2 Å². The van der Waals surface area contributed by atoms with Gasteiger partial charge in [0.05, 0.1) is 28.2 Å². The van der Waals surface area contributed by atoms with Crippen LogP contribution in [0.25, 0.3) is 28.2 Å². The van der Waals surface area contributed by atoms with Crippen molar-refractivity contribution < 1.29 is 4.79 Å². The lowest BCUT2D eigenvalue weighted by Crippen LogP contribution is -2.18. The smallest absolute Gasteiger partial charge is 0.272 e. The fourth-order valence-corrected chi connectivity index (χ4v) is 4.58. The molecule has 0 unspecified atom stereocenters. The van der Waals surface area contributed by atoms with Crippen molar-refractivity contribution in [3.05, 3.63) is 136 Å². The van der Waals surface area contributed by atoms with Gasteiger partial charge in [0.2, 0.25) is 0 Å². The molecule has 0 spiro atoms. The van der Waals surface area contributed by atoms with Crippen molar-refractivity contribution in [2.75, 3.05) is 0 Å². The first-order valence-electron chi connectivity index (χ1n) is 11.3. The summed E-state index contributed by atoms with van der Waals surface area (Å²) in [4.78, 5) is 12.7. The summed E-state index contributed by atoms with van der Waals surface area (Å²) in [6, 6.07) is 37.3. The zero-order valence-corrected chi connectivity index (χ0v) is 20.6. The van der Waals surface area contributed by atoms with Crippen LogP contribution in [0.1, 0.15) is 15.9 Å². The van der Waals surface area contributed by atoms with E-state index in [-0.39, 0.29) is 5.02 Å². The molecule has 4 nitrogen and oxygen atoms in total. The molecule has 1 aromatic heterocycles. The van der Waals surface area contributed by atoms with E-state index in [1.807, 2.05) is 54.6 Å². The number of amides is 1. The third kappa shape index (κ3) is 4.96. The van der Waals surface area contributed by atoms with Crippen molar-refractivity contribution in [1.29, 1.82) is 0 Å². The summed E-state index contributed by atoms with van der Waals surface area (Å²) >= 11 is 12.1. The van der Waals surface area contributed by atoms with Crippen molar-refractivity contribution in [3.63, 3.8) is 0 Å². The molecule has 1 heterocycles. The van der Waals surface area contributed by atoms with Gasteiger partial charge in [-0.3, -0.25) is 4.79 Å². The second kappa shape index (κ2) is 10.6. The number of nitrogens with zero attached hydrogens (tertiary/aromatic N) is 2. The van der Waals surface area contributed by atoms with Crippen LogP contribution in [0, 0.1) is 0 Å². The third-order valence-corrected chi connectivity index (χ3v) is 6.25. The maximum atomic E-state index is 12.7. The minimum Gasteiger partial charge on any atom is -0.309 e. The first-order valence-corrected chi connectivity index (χ1v) is 12.1. The van der Waals surface area contributed by atoms with Gasteiger partial charge in [0.15, 0.2) is 0 Å². The molecule has 6 heteroatoms. The van der Waals surface area contributed by atoms with Gasteiger partial charge in [0, 0.05) is 16.3 Å². The van der Waals surface area contributed by atoms with Gasteiger partial charge in [0.1, 0.15) is 0 Å². The van der Waals surface area contributed by atoms with Gasteiger partial charge in [-0.05, 0) is 47.5 Å². The molecule has 5 aromatic rings. The van der Waals surface area contributed by atoms with E-state index in [9.17, 15) is 4.79 Å². The summed E-state index contributed by atoms with van der Waals surface area (Å²) in [5.41, 5.74) is 8.82. The number of hydrazone groups is 1. The standard InChI is InChI=1S/C30H21Cl2N3O/c31-24-16-17-26(27(32)19-24)30(36)34-33-20-23-18-28(21-10-4-1-5-11-21)35(25-14-8-3-9-15-25)29(23)22-12-6-2-7-13-22/h1-20H,(H,34,36)/b33-20-. The highest BCUT2D eigenvalue weighted by Gasteiger charge is 2.18. The maximum Gasteiger partial charge on any atom is 0.272 e. The first-order chi connectivity index (χ1) is 17.6. The molecule has 0 aliphatic carbocycles. The second-order valence-electron chi connectivity index (χ2n) is 8.06. The van der Waals surface area contributed by atoms with Crippen LogP contribution in [-0.2, 0) is 0 Å². The van der Waals surface area contributed by atoms with Gasteiger partial charge < -0.3 is 4.57 Å². The number of hydrogen-bond acceptors (Lipinski definition) is 2. The molecule has 1 amide bonds. The Balaban J connectivity index is 1.61. The number of hydrogen-bond donors (Lipinski definition) is 1. The van der Waals surface area contributed by atoms with Crippen LogP contribution in [0.4, 0.5) is 0 Å². The minimum atomic E-state index is -0.417. The van der Waals surface area contributed by atoms with Crippen LogP contribution in [0.2, 0.25) is 10.0 Å². The van der Waals surface area contributed by atoms with Gasteiger partial charge in [-0.15, -0.1) is 0 Å². The largest absolute Gasteiger partial charge is 0.309 e. The Bertz CT molecular complexity index is 1530. The Kier molecular flexibility index (Phi) is 6.99. The number of aromatic nitrogens is 1. The Morgan fingerprint density at radius 3 is 2.00 bits per heavy atom. The lowest BCUT2D eigenvalue weighted by Gasteiger charge is -2.15. The van der Waals surface area contributed by atoms with Gasteiger partial charge in [-0.25, -0.2) is 5.43 Å². The quantitative estimate of drug-likeness (QED) is 0.183. The van der Waals surface area contributed by atoms with Gasteiger partial charge in [-0.2, -0.15) is 5.10 Å². The minimum absolute atomic E-state index is 0.266. The maximum absolute atomic E-state index is 12.7. The highest BCUT2D eigenvalue weighted by atomic mass is 35.5. The summed E-state index contributed by atoms with van der Waals surface area (Å²) in [6.45, 7) is 0. The summed E-state index contributed by atoms with van der Waals surface area (Å²) in [5, 5.41) is 5.01. The highest BCUT2D eigenvalue weighted by Crippen LogP contribution is 2.35. The fraction of sp³-hybridized carbons (Fsp3) is 0. The van der Waals surface area contributed by atoms with E-state index in [1.54, 1.807) is 18.3 Å². The van der Waals surface area contributed by atoms with Gasteiger partial charge in [0.25, 0.3) is 5.91 Å². The van der Waals surface area contributed by atoms with E-state index < -0.39 is 5.91 Å². The van der Waals surface area contributed by atoms with Crippen LogP contribution in [0.5, 0.6) is 0 Å². The van der Waals surface area contributed by atoms with Gasteiger partial charge >= 0.3 is 0 Å². The molecule has 0 bridgehead atoms. The average molecular weight is 510 g/mol. The summed E-state index contributed by atoms with van der Waals surface area (Å²) in [6.07, 6.45) is 1.66. The van der Waals surface area contributed by atoms with Crippen molar-refractivity contribution in [1.82, 2.24) is 9.99 Å². The topological polar surface area (TPSA) is 46.4 Å². The predicted octanol–water partition coefficient (Wildman–Crippen LogP) is 7.88. The second-order valence-corrected chi connectivity index (χ2v) is 8.90. The lowest BCUT2D eigenvalue weighted by atomic mass is 10.1. The first kappa shape index (κ1) is 23.6. The molecule has 5 rings (SSSR count). The Morgan fingerprint density at radius 1 is 0.750 bits per heavy atom. The Hall–Kier alpha value is -4.12. The molecule has 36 heavy (non-hydrogen) atoms. The molecule has 0 aliphatic rings. The third-order valence-electron chi connectivity index (χ3n) is 5.71. The molecule has 0 atom stereocenters. The van der Waals surface area contributed by atoms with Crippen molar-refractivity contribution >= 4 is 35.3 Å². The lowest BCUT2D eigenvalue weighted by molar-refractivity contribution is 0.0955. The molecule has 0 fully saturated rings. The van der Waals surface area contributed by atoms with Crippen LogP contribution >= 0.6 is 23.2 Å². The summed E-state index contributed by atoms with van der Waals surface area (Å²) in [5.74, 6) is -0.417. The van der Waals surface area contributed by atoms with Crippen LogP contribution < -0.4 is 5.43 Å². The normalized spacial score (nSPS) is 11.1. The number of carbonyl (C=O) groups excluding carboxylic acids is 1. The van der Waals surface area contributed by atoms with E-state index in [4.69, 9.17) is 23.2 Å². The van der Waals surface area contributed by atoms with E-state index >= 15 is 0 Å². The highest BCUT2D eigenvalue weighted by molar-refractivity contribution is 6.36. The molecule has 0 aliphatic heterocycles. The molecular formula is C30H21Cl2N3O. The number of nitrogens with one attached hydrogen (secondary N) is 1. The number of benzene rings is 4. The van der Waals surface area contributed by atoms with E-state index in [0.717, 1.165) is 33.8 Å². The molecule has 0 saturated carbocycles. The van der Waals surface area contributed by atoms with E-state index in [2.05, 4.69) is 57.6 Å². The van der Waals surface area contributed by atoms with E-state index in [1.165, 1.54) is 6.07 Å². The molecular weight excluding hydrogens is 489 g/mol. The molecule has 176 valence electrons. The predicted molar refractivity (Wildman–Crippen MR) is 148 cm³/mol.